The van der Waals surface area contributed by atoms with Crippen molar-refractivity contribution in [1.82, 2.24) is 14.5 Å². The first-order valence-corrected chi connectivity index (χ1v) is 7.55. The van der Waals surface area contributed by atoms with Gasteiger partial charge < -0.3 is 5.73 Å². The zero-order valence-corrected chi connectivity index (χ0v) is 11.2. The lowest BCUT2D eigenvalue weighted by Gasteiger charge is -2.06. The predicted molar refractivity (Wildman–Crippen MR) is 71.0 cm³/mol. The highest BCUT2D eigenvalue weighted by molar-refractivity contribution is 7.91. The first kappa shape index (κ1) is 12.8. The van der Waals surface area contributed by atoms with Crippen LogP contribution in [0.3, 0.4) is 0 Å². The molecule has 0 aliphatic heterocycles. The molecule has 0 unspecified atom stereocenters. The van der Waals surface area contributed by atoms with Crippen LogP contribution in [0.4, 0.5) is 5.95 Å². The number of pyridine rings is 1. The van der Waals surface area contributed by atoms with Gasteiger partial charge >= 0.3 is 0 Å². The summed E-state index contributed by atoms with van der Waals surface area (Å²) in [6, 6.07) is 3.68. The summed E-state index contributed by atoms with van der Waals surface area (Å²) in [6.45, 7) is 3.79. The van der Waals surface area contributed by atoms with E-state index in [0.717, 1.165) is 5.69 Å². The van der Waals surface area contributed by atoms with Gasteiger partial charge in [-0.3, -0.25) is 4.57 Å². The van der Waals surface area contributed by atoms with Gasteiger partial charge in [0.15, 0.2) is 15.5 Å². The molecule has 0 amide bonds. The number of rotatable bonds is 4. The lowest BCUT2D eigenvalue weighted by Crippen LogP contribution is -2.16. The smallest absolute Gasteiger partial charge is 0.202 e. The van der Waals surface area contributed by atoms with Gasteiger partial charge in [0.2, 0.25) is 5.95 Å². The van der Waals surface area contributed by atoms with E-state index in [4.69, 9.17) is 5.73 Å². The Labute approximate surface area is 106 Å². The summed E-state index contributed by atoms with van der Waals surface area (Å²) in [5.41, 5.74) is 7.97. The van der Waals surface area contributed by atoms with Crippen molar-refractivity contribution in [2.24, 2.45) is 0 Å². The monoisotopic (exact) mass is 268 g/mol. The summed E-state index contributed by atoms with van der Waals surface area (Å²) in [4.78, 5) is 8.51. The third-order valence-electron chi connectivity index (χ3n) is 2.83. The van der Waals surface area contributed by atoms with Crippen molar-refractivity contribution in [2.75, 3.05) is 17.2 Å². The standard InChI is InChI=1S/C11H16N4O2S/c1-3-18(16,17)7-6-15-10-9(14-11(15)12)5-4-8(2)13-10/h4-5H,3,6-7H2,1-2H3,(H2,12,14). The van der Waals surface area contributed by atoms with Gasteiger partial charge in [-0.2, -0.15) is 0 Å². The normalized spacial score (nSPS) is 12.1. The largest absolute Gasteiger partial charge is 0.369 e. The maximum Gasteiger partial charge on any atom is 0.202 e. The molecule has 0 spiro atoms. The zero-order chi connectivity index (χ0) is 13.3. The molecule has 0 saturated heterocycles. The van der Waals surface area contributed by atoms with Gasteiger partial charge in [-0.15, -0.1) is 0 Å². The molecule has 0 aliphatic rings. The first-order chi connectivity index (χ1) is 8.43. The summed E-state index contributed by atoms with van der Waals surface area (Å²) in [6.07, 6.45) is 0. The van der Waals surface area contributed by atoms with E-state index in [1.54, 1.807) is 11.5 Å². The number of sulfone groups is 1. The Morgan fingerprint density at radius 2 is 2.06 bits per heavy atom. The molecular weight excluding hydrogens is 252 g/mol. The molecule has 2 N–H and O–H groups in total. The molecule has 2 rings (SSSR count). The third kappa shape index (κ3) is 2.45. The van der Waals surface area contributed by atoms with Gasteiger partial charge in [-0.25, -0.2) is 18.4 Å². The molecule has 98 valence electrons. The fourth-order valence-corrected chi connectivity index (χ4v) is 2.46. The molecule has 0 bridgehead atoms. The maximum atomic E-state index is 11.5. The minimum atomic E-state index is -3.02. The minimum absolute atomic E-state index is 0.0504. The van der Waals surface area contributed by atoms with Gasteiger partial charge in [0, 0.05) is 18.0 Å². The highest BCUT2D eigenvalue weighted by atomic mass is 32.2. The highest BCUT2D eigenvalue weighted by Gasteiger charge is 2.13. The number of nitrogens with two attached hydrogens (primary N) is 1. The molecule has 0 atom stereocenters. The van der Waals surface area contributed by atoms with Crippen LogP contribution < -0.4 is 5.73 Å². The van der Waals surface area contributed by atoms with Crippen LogP contribution in [0.5, 0.6) is 0 Å². The number of hydrogen-bond donors (Lipinski definition) is 1. The van der Waals surface area contributed by atoms with Crippen molar-refractivity contribution in [3.8, 4) is 0 Å². The number of nitrogens with zero attached hydrogens (tertiary/aromatic N) is 3. The van der Waals surface area contributed by atoms with E-state index in [0.29, 0.717) is 17.1 Å². The molecule has 0 fully saturated rings. The Bertz CT molecular complexity index is 676. The van der Waals surface area contributed by atoms with Crippen LogP contribution in [-0.2, 0) is 16.4 Å². The van der Waals surface area contributed by atoms with E-state index in [9.17, 15) is 8.42 Å². The molecule has 0 radical (unpaired) electrons. The van der Waals surface area contributed by atoms with Crippen LogP contribution in [-0.4, -0.2) is 34.5 Å². The number of hydrogen-bond acceptors (Lipinski definition) is 5. The van der Waals surface area contributed by atoms with E-state index < -0.39 is 9.84 Å². The van der Waals surface area contributed by atoms with Crippen LogP contribution in [0.1, 0.15) is 12.6 Å². The second kappa shape index (κ2) is 4.56. The van der Waals surface area contributed by atoms with Crippen LogP contribution in [0.15, 0.2) is 12.1 Å². The molecule has 0 saturated carbocycles. The van der Waals surface area contributed by atoms with E-state index >= 15 is 0 Å². The van der Waals surface area contributed by atoms with Gasteiger partial charge in [-0.05, 0) is 19.1 Å². The Kier molecular flexibility index (Phi) is 3.25. The molecule has 2 aromatic rings. The topological polar surface area (TPSA) is 90.9 Å². The molecule has 2 heterocycles. The average Bonchev–Trinajstić information content (AvgIpc) is 2.62. The Hall–Kier alpha value is -1.63. The Balaban J connectivity index is 2.38. The van der Waals surface area contributed by atoms with Crippen LogP contribution in [0, 0.1) is 6.92 Å². The van der Waals surface area contributed by atoms with Crippen LogP contribution in [0.25, 0.3) is 11.2 Å². The van der Waals surface area contributed by atoms with Gasteiger partial charge in [0.25, 0.3) is 0 Å². The molecule has 6 nitrogen and oxygen atoms in total. The van der Waals surface area contributed by atoms with Gasteiger partial charge in [0.1, 0.15) is 5.52 Å². The van der Waals surface area contributed by atoms with Crippen LogP contribution >= 0.6 is 0 Å². The number of fused-ring (bicyclic) bond motifs is 1. The Morgan fingerprint density at radius 3 is 2.72 bits per heavy atom. The number of anilines is 1. The fraction of sp³-hybridized carbons (Fsp3) is 0.455. The average molecular weight is 268 g/mol. The van der Waals surface area contributed by atoms with E-state index in [-0.39, 0.29) is 18.1 Å². The summed E-state index contributed by atoms with van der Waals surface area (Å²) in [7, 11) is -3.02. The van der Waals surface area contributed by atoms with E-state index in [1.807, 2.05) is 19.1 Å². The number of aromatic nitrogens is 3. The second-order valence-corrected chi connectivity index (χ2v) is 6.63. The van der Waals surface area contributed by atoms with E-state index in [2.05, 4.69) is 9.97 Å². The Morgan fingerprint density at radius 1 is 1.33 bits per heavy atom. The highest BCUT2D eigenvalue weighted by Crippen LogP contribution is 2.16. The van der Waals surface area contributed by atoms with Crippen molar-refractivity contribution in [3.63, 3.8) is 0 Å². The van der Waals surface area contributed by atoms with Crippen molar-refractivity contribution in [3.05, 3.63) is 17.8 Å². The molecule has 2 aromatic heterocycles. The second-order valence-electron chi connectivity index (χ2n) is 4.15. The van der Waals surface area contributed by atoms with Crippen molar-refractivity contribution in [2.45, 2.75) is 20.4 Å². The van der Waals surface area contributed by atoms with Gasteiger partial charge in [-0.1, -0.05) is 6.92 Å². The lowest BCUT2D eigenvalue weighted by molar-refractivity contribution is 0.591. The van der Waals surface area contributed by atoms with Crippen molar-refractivity contribution >= 4 is 26.9 Å². The molecule has 7 heteroatoms. The molecule has 18 heavy (non-hydrogen) atoms. The SMILES string of the molecule is CCS(=O)(=O)CCn1c(N)nc2ccc(C)nc21. The van der Waals surface area contributed by atoms with Crippen LogP contribution in [0.2, 0.25) is 0 Å². The summed E-state index contributed by atoms with van der Waals surface area (Å²) >= 11 is 0. The number of aryl methyl sites for hydroxylation is 2. The van der Waals surface area contributed by atoms with Crippen molar-refractivity contribution in [1.29, 1.82) is 0 Å². The van der Waals surface area contributed by atoms with Gasteiger partial charge in [0.05, 0.1) is 5.75 Å². The zero-order valence-electron chi connectivity index (χ0n) is 10.4. The maximum absolute atomic E-state index is 11.5. The van der Waals surface area contributed by atoms with Crippen molar-refractivity contribution < 1.29 is 8.42 Å². The quantitative estimate of drug-likeness (QED) is 0.883. The summed E-state index contributed by atoms with van der Waals surface area (Å²) in [5, 5.41) is 0. The number of nitrogen functional groups attached to an aromatic ring is 1. The summed E-state index contributed by atoms with van der Waals surface area (Å²) < 4.78 is 24.7. The molecular formula is C11H16N4O2S. The fourth-order valence-electron chi connectivity index (χ4n) is 1.71. The lowest BCUT2D eigenvalue weighted by atomic mass is 10.3. The van der Waals surface area contributed by atoms with E-state index in [1.165, 1.54) is 0 Å². The first-order valence-electron chi connectivity index (χ1n) is 5.73. The number of imidazole rings is 1. The molecule has 0 aliphatic carbocycles. The molecule has 0 aromatic carbocycles. The minimum Gasteiger partial charge on any atom is -0.369 e. The predicted octanol–water partition coefficient (Wildman–Crippen LogP) is 0.757. The third-order valence-corrected chi connectivity index (χ3v) is 4.51. The summed E-state index contributed by atoms with van der Waals surface area (Å²) in [5.74, 6) is 0.482.